The number of aromatic nitrogens is 2. The van der Waals surface area contributed by atoms with Crippen molar-refractivity contribution in [2.24, 2.45) is 0 Å². The SMILES string of the molecule is [CH2]c1cc(Br)ncn1. The Hall–Kier alpha value is -0.440. The van der Waals surface area contributed by atoms with E-state index in [1.807, 2.05) is 0 Å². The van der Waals surface area contributed by atoms with Crippen LogP contribution < -0.4 is 0 Å². The summed E-state index contributed by atoms with van der Waals surface area (Å²) < 4.78 is 0.775. The first-order valence-corrected chi connectivity index (χ1v) is 2.88. The molecule has 0 N–H and O–H groups in total. The molecule has 1 heterocycles. The van der Waals surface area contributed by atoms with Gasteiger partial charge in [-0.1, -0.05) is 0 Å². The fourth-order valence-corrected chi connectivity index (χ4v) is 0.726. The molecule has 0 aliphatic rings. The van der Waals surface area contributed by atoms with Crippen LogP contribution in [0.1, 0.15) is 5.69 Å². The fourth-order valence-electron chi connectivity index (χ4n) is 0.370. The summed E-state index contributed by atoms with van der Waals surface area (Å²) in [4.78, 5) is 7.59. The molecule has 1 aromatic rings. The summed E-state index contributed by atoms with van der Waals surface area (Å²) in [6, 6.07) is 1.75. The van der Waals surface area contributed by atoms with Gasteiger partial charge in [0.15, 0.2) is 0 Å². The maximum atomic E-state index is 3.81. The Morgan fingerprint density at radius 1 is 1.50 bits per heavy atom. The van der Waals surface area contributed by atoms with Crippen LogP contribution in [0.25, 0.3) is 0 Å². The first-order chi connectivity index (χ1) is 3.79. The van der Waals surface area contributed by atoms with E-state index < -0.39 is 0 Å². The molecule has 2 nitrogen and oxygen atoms in total. The van der Waals surface area contributed by atoms with Crippen LogP contribution in [-0.2, 0) is 0 Å². The molecule has 0 saturated carbocycles. The topological polar surface area (TPSA) is 25.8 Å². The van der Waals surface area contributed by atoms with Gasteiger partial charge in [-0.25, -0.2) is 9.97 Å². The van der Waals surface area contributed by atoms with Crippen LogP contribution in [0.5, 0.6) is 0 Å². The minimum atomic E-state index is 0.729. The predicted molar refractivity (Wildman–Crippen MR) is 34.2 cm³/mol. The van der Waals surface area contributed by atoms with Crippen molar-refractivity contribution < 1.29 is 0 Å². The molecule has 1 rings (SSSR count). The van der Waals surface area contributed by atoms with Crippen molar-refractivity contribution >= 4 is 15.9 Å². The van der Waals surface area contributed by atoms with Crippen LogP contribution in [0.15, 0.2) is 17.0 Å². The zero-order valence-corrected chi connectivity index (χ0v) is 5.72. The number of nitrogens with zero attached hydrogens (tertiary/aromatic N) is 2. The van der Waals surface area contributed by atoms with Gasteiger partial charge in [0.25, 0.3) is 0 Å². The van der Waals surface area contributed by atoms with Gasteiger partial charge in [0.05, 0.1) is 0 Å². The maximum Gasteiger partial charge on any atom is 0.116 e. The Labute approximate surface area is 56.1 Å². The molecule has 3 heteroatoms. The molecular formula is C5H4BrN2. The monoisotopic (exact) mass is 171 g/mol. The Kier molecular flexibility index (Phi) is 1.58. The third-order valence-electron chi connectivity index (χ3n) is 0.690. The van der Waals surface area contributed by atoms with E-state index in [4.69, 9.17) is 0 Å². The summed E-state index contributed by atoms with van der Waals surface area (Å²) in [5.41, 5.74) is 0.729. The van der Waals surface area contributed by atoms with Crippen LogP contribution >= 0.6 is 15.9 Å². The zero-order valence-electron chi connectivity index (χ0n) is 4.13. The van der Waals surface area contributed by atoms with E-state index in [1.54, 1.807) is 6.07 Å². The first-order valence-electron chi connectivity index (χ1n) is 2.08. The van der Waals surface area contributed by atoms with E-state index >= 15 is 0 Å². The fraction of sp³-hybridized carbons (Fsp3) is 0. The summed E-state index contributed by atoms with van der Waals surface area (Å²) in [5, 5.41) is 0. The lowest BCUT2D eigenvalue weighted by atomic mass is 10.5. The number of hydrogen-bond acceptors (Lipinski definition) is 2. The second-order valence-electron chi connectivity index (χ2n) is 1.33. The lowest BCUT2D eigenvalue weighted by Gasteiger charge is -1.87. The van der Waals surface area contributed by atoms with Gasteiger partial charge < -0.3 is 0 Å². The Morgan fingerprint density at radius 3 is 2.62 bits per heavy atom. The summed E-state index contributed by atoms with van der Waals surface area (Å²) in [7, 11) is 0. The van der Waals surface area contributed by atoms with Crippen molar-refractivity contribution in [2.45, 2.75) is 0 Å². The Balaban J connectivity index is 3.08. The highest BCUT2D eigenvalue weighted by Crippen LogP contribution is 2.02. The highest BCUT2D eigenvalue weighted by molar-refractivity contribution is 9.10. The van der Waals surface area contributed by atoms with Crippen molar-refractivity contribution in [3.63, 3.8) is 0 Å². The highest BCUT2D eigenvalue weighted by atomic mass is 79.9. The average Bonchev–Trinajstić information content (AvgIpc) is 1.64. The van der Waals surface area contributed by atoms with Gasteiger partial charge in [-0.2, -0.15) is 0 Å². The van der Waals surface area contributed by atoms with Gasteiger partial charge in [0, 0.05) is 5.69 Å². The highest BCUT2D eigenvalue weighted by Gasteiger charge is 1.85. The molecule has 0 aromatic carbocycles. The van der Waals surface area contributed by atoms with Crippen LogP contribution in [0.2, 0.25) is 0 Å². The van der Waals surface area contributed by atoms with Crippen molar-refractivity contribution in [3.05, 3.63) is 29.6 Å². The maximum absolute atomic E-state index is 3.81. The molecule has 1 radical (unpaired) electrons. The van der Waals surface area contributed by atoms with Crippen LogP contribution in [0.4, 0.5) is 0 Å². The van der Waals surface area contributed by atoms with E-state index in [0.29, 0.717) is 0 Å². The summed E-state index contributed by atoms with van der Waals surface area (Å²) >= 11 is 3.17. The van der Waals surface area contributed by atoms with Gasteiger partial charge in [0.2, 0.25) is 0 Å². The van der Waals surface area contributed by atoms with E-state index in [2.05, 4.69) is 32.8 Å². The number of hydrogen-bond donors (Lipinski definition) is 0. The van der Waals surface area contributed by atoms with Crippen LogP contribution in [0.3, 0.4) is 0 Å². The van der Waals surface area contributed by atoms with Crippen molar-refractivity contribution in [2.75, 3.05) is 0 Å². The van der Waals surface area contributed by atoms with Crippen molar-refractivity contribution in [1.29, 1.82) is 0 Å². The Morgan fingerprint density at radius 2 is 2.25 bits per heavy atom. The molecule has 0 bridgehead atoms. The van der Waals surface area contributed by atoms with E-state index in [0.717, 1.165) is 10.3 Å². The van der Waals surface area contributed by atoms with Crippen molar-refractivity contribution in [3.8, 4) is 0 Å². The largest absolute Gasteiger partial charge is 0.241 e. The summed E-state index contributed by atoms with van der Waals surface area (Å²) in [6.45, 7) is 3.60. The molecule has 0 aliphatic carbocycles. The van der Waals surface area contributed by atoms with Gasteiger partial charge in [-0.15, -0.1) is 0 Å². The van der Waals surface area contributed by atoms with Crippen molar-refractivity contribution in [1.82, 2.24) is 9.97 Å². The number of halogens is 1. The third-order valence-corrected chi connectivity index (χ3v) is 1.12. The van der Waals surface area contributed by atoms with Crippen LogP contribution in [-0.4, -0.2) is 9.97 Å². The molecule has 0 atom stereocenters. The average molecular weight is 172 g/mol. The zero-order chi connectivity index (χ0) is 5.98. The summed E-state index contributed by atoms with van der Waals surface area (Å²) in [5.74, 6) is 0. The molecule has 0 aliphatic heterocycles. The van der Waals surface area contributed by atoms with Gasteiger partial charge in [-0.3, -0.25) is 0 Å². The second kappa shape index (κ2) is 2.22. The molecule has 0 fully saturated rings. The first kappa shape index (κ1) is 5.69. The van der Waals surface area contributed by atoms with Gasteiger partial charge in [-0.05, 0) is 28.9 Å². The second-order valence-corrected chi connectivity index (χ2v) is 2.14. The van der Waals surface area contributed by atoms with Gasteiger partial charge in [0.1, 0.15) is 10.9 Å². The van der Waals surface area contributed by atoms with E-state index in [9.17, 15) is 0 Å². The molecular weight excluding hydrogens is 168 g/mol. The summed E-state index contributed by atoms with van der Waals surface area (Å²) in [6.07, 6.45) is 1.46. The molecule has 1 aromatic heterocycles. The third kappa shape index (κ3) is 1.26. The number of rotatable bonds is 0. The standard InChI is InChI=1S/C5H4BrN2/c1-4-2-5(6)8-3-7-4/h2-3H,1H2. The normalized spacial score (nSPS) is 9.25. The smallest absolute Gasteiger partial charge is 0.116 e. The molecule has 41 valence electrons. The molecule has 0 spiro atoms. The lowest BCUT2D eigenvalue weighted by molar-refractivity contribution is 1.11. The Bertz CT molecular complexity index is 170. The molecule has 0 amide bonds. The predicted octanol–water partition coefficient (Wildman–Crippen LogP) is 1.42. The minimum Gasteiger partial charge on any atom is -0.241 e. The van der Waals surface area contributed by atoms with E-state index in [-0.39, 0.29) is 0 Å². The van der Waals surface area contributed by atoms with Gasteiger partial charge >= 0.3 is 0 Å². The minimum absolute atomic E-state index is 0.729. The lowest BCUT2D eigenvalue weighted by Crippen LogP contribution is -1.80. The van der Waals surface area contributed by atoms with E-state index in [1.165, 1.54) is 6.33 Å². The molecule has 0 saturated heterocycles. The molecule has 0 unspecified atom stereocenters. The van der Waals surface area contributed by atoms with Crippen LogP contribution in [0, 0.1) is 6.92 Å². The quantitative estimate of drug-likeness (QED) is 0.553. The molecule has 8 heavy (non-hydrogen) atoms.